The maximum absolute atomic E-state index is 12.3. The first kappa shape index (κ1) is 17.9. The van der Waals surface area contributed by atoms with Gasteiger partial charge in [-0.1, -0.05) is 60.1 Å². The topological polar surface area (TPSA) is 73.8 Å². The Morgan fingerprint density at radius 2 is 1.61 bits per heavy atom. The molecular weight excluding hydrogens is 372 g/mol. The summed E-state index contributed by atoms with van der Waals surface area (Å²) in [6, 6.07) is 22.3. The van der Waals surface area contributed by atoms with Crippen LogP contribution in [0.15, 0.2) is 83.8 Å². The Labute approximate surface area is 167 Å². The summed E-state index contributed by atoms with van der Waals surface area (Å²) in [6.45, 7) is 0.478. The van der Waals surface area contributed by atoms with E-state index in [0.717, 1.165) is 16.7 Å². The molecule has 2 aromatic carbocycles. The number of rotatable bonds is 4. The molecule has 0 aliphatic carbocycles. The maximum atomic E-state index is 12.3. The summed E-state index contributed by atoms with van der Waals surface area (Å²) in [5, 5.41) is 0.584. The maximum Gasteiger partial charge on any atom is 0.250 e. The number of hydrogen-bond acceptors (Lipinski definition) is 4. The Morgan fingerprint density at radius 3 is 2.39 bits per heavy atom. The van der Waals surface area contributed by atoms with E-state index in [0.29, 0.717) is 23.0 Å². The van der Waals surface area contributed by atoms with E-state index in [4.69, 9.17) is 17.3 Å². The van der Waals surface area contributed by atoms with E-state index in [9.17, 15) is 4.79 Å². The highest BCUT2D eigenvalue weighted by Crippen LogP contribution is 2.29. The first-order valence-electron chi connectivity index (χ1n) is 8.74. The van der Waals surface area contributed by atoms with Crippen molar-refractivity contribution in [3.05, 3.63) is 99.9 Å². The standard InChI is InChI=1S/C22H17ClN4O/c23-18-9-5-4-8-17(18)20-12-19(25-22(24)26-20)16-10-11-21(28)27(14-16)13-15-6-2-1-3-7-15/h1-12,14H,13H2,(H2,24,25,26). The monoisotopic (exact) mass is 388 g/mol. The third-order valence-electron chi connectivity index (χ3n) is 4.37. The van der Waals surface area contributed by atoms with Gasteiger partial charge in [-0.15, -0.1) is 0 Å². The Kier molecular flexibility index (Phi) is 4.91. The molecule has 2 N–H and O–H groups in total. The molecule has 0 saturated carbocycles. The summed E-state index contributed by atoms with van der Waals surface area (Å²) in [5.41, 5.74) is 9.71. The van der Waals surface area contributed by atoms with Gasteiger partial charge < -0.3 is 10.3 Å². The van der Waals surface area contributed by atoms with Gasteiger partial charge in [0.2, 0.25) is 5.95 Å². The fraction of sp³-hybridized carbons (Fsp3) is 0.0455. The third kappa shape index (κ3) is 3.80. The van der Waals surface area contributed by atoms with Crippen LogP contribution in [0.1, 0.15) is 5.56 Å². The first-order valence-corrected chi connectivity index (χ1v) is 9.12. The lowest BCUT2D eigenvalue weighted by atomic mass is 10.1. The van der Waals surface area contributed by atoms with Crippen molar-refractivity contribution in [2.75, 3.05) is 5.73 Å². The van der Waals surface area contributed by atoms with Gasteiger partial charge in [-0.2, -0.15) is 0 Å². The Hall–Kier alpha value is -3.44. The number of anilines is 1. The Balaban J connectivity index is 1.76. The second kappa shape index (κ2) is 7.66. The van der Waals surface area contributed by atoms with Gasteiger partial charge in [-0.05, 0) is 23.8 Å². The average Bonchev–Trinajstić information content (AvgIpc) is 2.70. The second-order valence-electron chi connectivity index (χ2n) is 6.35. The number of pyridine rings is 1. The van der Waals surface area contributed by atoms with Crippen molar-refractivity contribution in [3.63, 3.8) is 0 Å². The van der Waals surface area contributed by atoms with E-state index >= 15 is 0 Å². The lowest BCUT2D eigenvalue weighted by Crippen LogP contribution is -2.19. The smallest absolute Gasteiger partial charge is 0.250 e. The van der Waals surface area contributed by atoms with E-state index < -0.39 is 0 Å². The zero-order valence-corrected chi connectivity index (χ0v) is 15.7. The van der Waals surface area contributed by atoms with Gasteiger partial charge in [-0.3, -0.25) is 4.79 Å². The summed E-state index contributed by atoms with van der Waals surface area (Å²) in [6.07, 6.45) is 1.79. The number of aromatic nitrogens is 3. The molecule has 2 heterocycles. The van der Waals surface area contributed by atoms with Crippen molar-refractivity contribution >= 4 is 17.5 Å². The Bertz CT molecular complexity index is 1190. The van der Waals surface area contributed by atoms with Crippen molar-refractivity contribution < 1.29 is 0 Å². The van der Waals surface area contributed by atoms with Crippen LogP contribution in [-0.2, 0) is 6.54 Å². The van der Waals surface area contributed by atoms with Crippen molar-refractivity contribution in [3.8, 4) is 22.5 Å². The molecule has 4 aromatic rings. The minimum atomic E-state index is -0.0824. The summed E-state index contributed by atoms with van der Waals surface area (Å²) in [5.74, 6) is 0.147. The van der Waals surface area contributed by atoms with Gasteiger partial charge in [0.25, 0.3) is 5.56 Å². The molecule has 0 saturated heterocycles. The molecule has 0 unspecified atom stereocenters. The van der Waals surface area contributed by atoms with Crippen LogP contribution in [0.3, 0.4) is 0 Å². The third-order valence-corrected chi connectivity index (χ3v) is 4.70. The van der Waals surface area contributed by atoms with Gasteiger partial charge in [0.15, 0.2) is 0 Å². The number of halogens is 1. The molecule has 0 aliphatic rings. The molecule has 0 spiro atoms. The second-order valence-corrected chi connectivity index (χ2v) is 6.75. The van der Waals surface area contributed by atoms with Crippen LogP contribution >= 0.6 is 11.6 Å². The molecule has 5 nitrogen and oxygen atoms in total. The fourth-order valence-corrected chi connectivity index (χ4v) is 3.24. The largest absolute Gasteiger partial charge is 0.368 e. The van der Waals surface area contributed by atoms with Crippen LogP contribution in [0.25, 0.3) is 22.5 Å². The van der Waals surface area contributed by atoms with Crippen LogP contribution in [0, 0.1) is 0 Å². The van der Waals surface area contributed by atoms with Crippen molar-refractivity contribution in [2.24, 2.45) is 0 Å². The fourth-order valence-electron chi connectivity index (χ4n) is 3.01. The van der Waals surface area contributed by atoms with Crippen molar-refractivity contribution in [1.29, 1.82) is 0 Å². The number of nitrogens with two attached hydrogens (primary N) is 1. The highest BCUT2D eigenvalue weighted by molar-refractivity contribution is 6.33. The summed E-state index contributed by atoms with van der Waals surface area (Å²) in [7, 11) is 0. The van der Waals surface area contributed by atoms with E-state index in [2.05, 4.69) is 9.97 Å². The number of nitrogen functional groups attached to an aromatic ring is 1. The van der Waals surface area contributed by atoms with E-state index in [1.165, 1.54) is 6.07 Å². The average molecular weight is 389 g/mol. The van der Waals surface area contributed by atoms with Crippen LogP contribution < -0.4 is 11.3 Å². The minimum absolute atomic E-state index is 0.0824. The molecule has 0 radical (unpaired) electrons. The molecule has 0 bridgehead atoms. The number of hydrogen-bond donors (Lipinski definition) is 1. The van der Waals surface area contributed by atoms with Gasteiger partial charge >= 0.3 is 0 Å². The predicted octanol–water partition coefficient (Wildman–Crippen LogP) is 4.26. The molecule has 0 amide bonds. The predicted molar refractivity (Wildman–Crippen MR) is 112 cm³/mol. The quantitative estimate of drug-likeness (QED) is 0.567. The van der Waals surface area contributed by atoms with Gasteiger partial charge in [0.05, 0.1) is 17.9 Å². The highest BCUT2D eigenvalue weighted by atomic mass is 35.5. The van der Waals surface area contributed by atoms with Crippen molar-refractivity contribution in [1.82, 2.24) is 14.5 Å². The zero-order chi connectivity index (χ0) is 19.5. The normalized spacial score (nSPS) is 10.8. The van der Waals surface area contributed by atoms with E-state index in [-0.39, 0.29) is 11.5 Å². The Morgan fingerprint density at radius 1 is 0.893 bits per heavy atom. The molecule has 138 valence electrons. The molecule has 4 rings (SSSR count). The van der Waals surface area contributed by atoms with Gasteiger partial charge in [0, 0.05) is 28.4 Å². The molecule has 0 atom stereocenters. The number of nitrogens with zero attached hydrogens (tertiary/aromatic N) is 3. The first-order chi connectivity index (χ1) is 13.6. The highest BCUT2D eigenvalue weighted by Gasteiger charge is 2.11. The van der Waals surface area contributed by atoms with Gasteiger partial charge in [-0.25, -0.2) is 9.97 Å². The molecule has 0 fully saturated rings. The lowest BCUT2D eigenvalue weighted by Gasteiger charge is -2.10. The zero-order valence-electron chi connectivity index (χ0n) is 14.9. The van der Waals surface area contributed by atoms with E-state index in [1.54, 1.807) is 22.9 Å². The van der Waals surface area contributed by atoms with Crippen molar-refractivity contribution in [2.45, 2.75) is 6.54 Å². The van der Waals surface area contributed by atoms with Crippen LogP contribution in [-0.4, -0.2) is 14.5 Å². The molecule has 6 heteroatoms. The molecule has 28 heavy (non-hydrogen) atoms. The molecular formula is C22H17ClN4O. The number of benzene rings is 2. The van der Waals surface area contributed by atoms with E-state index in [1.807, 2.05) is 54.6 Å². The molecule has 0 aliphatic heterocycles. The van der Waals surface area contributed by atoms with Crippen LogP contribution in [0.2, 0.25) is 5.02 Å². The van der Waals surface area contributed by atoms with Crippen LogP contribution in [0.5, 0.6) is 0 Å². The van der Waals surface area contributed by atoms with Crippen LogP contribution in [0.4, 0.5) is 5.95 Å². The lowest BCUT2D eigenvalue weighted by molar-refractivity contribution is 0.760. The SMILES string of the molecule is Nc1nc(-c2ccc(=O)n(Cc3ccccc3)c2)cc(-c2ccccc2Cl)n1. The molecule has 2 aromatic heterocycles. The van der Waals surface area contributed by atoms with Gasteiger partial charge in [0.1, 0.15) is 0 Å². The minimum Gasteiger partial charge on any atom is -0.368 e. The summed E-state index contributed by atoms with van der Waals surface area (Å²) < 4.78 is 1.65. The summed E-state index contributed by atoms with van der Waals surface area (Å²) >= 11 is 6.30. The summed E-state index contributed by atoms with van der Waals surface area (Å²) in [4.78, 5) is 21.0.